The third-order valence-corrected chi connectivity index (χ3v) is 8.71. The molecule has 3 N–H and O–H groups in total. The van der Waals surface area contributed by atoms with Gasteiger partial charge in [0.15, 0.2) is 5.78 Å². The van der Waals surface area contributed by atoms with Gasteiger partial charge in [-0.3, -0.25) is 9.59 Å². The van der Waals surface area contributed by atoms with Crippen LogP contribution in [0.4, 0.5) is 0 Å². The Balaban J connectivity index is 1.34. The summed E-state index contributed by atoms with van der Waals surface area (Å²) >= 11 is 1.69. The van der Waals surface area contributed by atoms with Crippen LogP contribution in [0.1, 0.15) is 68.6 Å². The molecule has 2 aliphatic rings. The third-order valence-electron chi connectivity index (χ3n) is 7.51. The molecule has 1 heterocycles. The smallest absolute Gasteiger partial charge is 0.317 e. The van der Waals surface area contributed by atoms with E-state index in [2.05, 4.69) is 26.1 Å². The number of aliphatic hydroxyl groups excluding tert-OH is 1. The Bertz CT molecular complexity index is 1100. The van der Waals surface area contributed by atoms with Crippen LogP contribution in [0.25, 0.3) is 0 Å². The first-order valence-electron chi connectivity index (χ1n) is 12.0. The van der Waals surface area contributed by atoms with Crippen molar-refractivity contribution in [3.8, 4) is 5.75 Å². The van der Waals surface area contributed by atoms with Crippen LogP contribution in [0, 0.1) is 32.1 Å². The lowest BCUT2D eigenvalue weighted by atomic mass is 9.93. The highest BCUT2D eigenvalue weighted by Gasteiger charge is 2.63. The molecule has 0 spiro atoms. The van der Waals surface area contributed by atoms with E-state index in [1.807, 2.05) is 26.0 Å². The molecule has 1 aromatic carbocycles. The molecule has 7 heteroatoms. The third kappa shape index (κ3) is 4.79. The molecule has 1 saturated carbocycles. The number of carbonyl (C=O) groups excluding carboxylic acids is 1. The summed E-state index contributed by atoms with van der Waals surface area (Å²) < 4.78 is 5.82. The largest absolute Gasteiger partial charge is 0.490 e. The van der Waals surface area contributed by atoms with Crippen molar-refractivity contribution in [3.05, 3.63) is 49.7 Å². The fourth-order valence-corrected chi connectivity index (χ4v) is 6.92. The van der Waals surface area contributed by atoms with E-state index < -0.39 is 12.1 Å². The van der Waals surface area contributed by atoms with Crippen LogP contribution in [-0.4, -0.2) is 47.8 Å². The molecular weight excluding hydrogens is 450 g/mol. The zero-order chi connectivity index (χ0) is 24.8. The molecule has 0 radical (unpaired) electrons. The summed E-state index contributed by atoms with van der Waals surface area (Å²) in [5, 5.41) is 21.3. The van der Waals surface area contributed by atoms with E-state index in [0.717, 1.165) is 33.7 Å². The van der Waals surface area contributed by atoms with Crippen molar-refractivity contribution in [1.29, 1.82) is 0 Å². The van der Waals surface area contributed by atoms with E-state index in [0.29, 0.717) is 30.1 Å². The SMILES string of the molecule is Cc1cc(CCC(=O)c2sc(C)c3c2C[C@@H]2[C@H]3C2(C)C)cc(C)c1OCC(O)CNCC(=O)O. The van der Waals surface area contributed by atoms with Crippen molar-refractivity contribution < 1.29 is 24.5 Å². The lowest BCUT2D eigenvalue weighted by molar-refractivity contribution is -0.136. The maximum absolute atomic E-state index is 13.1. The molecule has 34 heavy (non-hydrogen) atoms. The molecule has 184 valence electrons. The minimum atomic E-state index is -0.965. The number of aliphatic hydroxyl groups is 1. The summed E-state index contributed by atoms with van der Waals surface area (Å²) in [6, 6.07) is 4.10. The molecule has 2 aromatic rings. The van der Waals surface area contributed by atoms with Crippen LogP contribution >= 0.6 is 11.3 Å². The molecule has 0 saturated heterocycles. The second kappa shape index (κ2) is 9.44. The number of benzene rings is 1. The van der Waals surface area contributed by atoms with Gasteiger partial charge in [-0.2, -0.15) is 0 Å². The van der Waals surface area contributed by atoms with Gasteiger partial charge in [-0.15, -0.1) is 11.3 Å². The lowest BCUT2D eigenvalue weighted by Gasteiger charge is -2.17. The normalized spacial score (nSPS) is 20.5. The molecule has 4 rings (SSSR count). The van der Waals surface area contributed by atoms with Crippen molar-refractivity contribution >= 4 is 23.1 Å². The summed E-state index contributed by atoms with van der Waals surface area (Å²) in [5.41, 5.74) is 6.22. The molecule has 1 aromatic heterocycles. The minimum Gasteiger partial charge on any atom is -0.490 e. The molecule has 3 atom stereocenters. The Morgan fingerprint density at radius 3 is 2.56 bits per heavy atom. The first kappa shape index (κ1) is 24.9. The van der Waals surface area contributed by atoms with Gasteiger partial charge in [0.2, 0.25) is 0 Å². The molecular formula is C27H35NO5S. The number of ether oxygens (including phenoxy) is 1. The molecule has 2 aliphatic carbocycles. The predicted octanol–water partition coefficient (Wildman–Crippen LogP) is 4.20. The highest BCUT2D eigenvalue weighted by Crippen LogP contribution is 2.71. The number of carboxylic acids is 1. The van der Waals surface area contributed by atoms with Crippen LogP contribution in [0.2, 0.25) is 0 Å². The summed E-state index contributed by atoms with van der Waals surface area (Å²) in [7, 11) is 0. The number of carboxylic acid groups (broad SMARTS) is 1. The van der Waals surface area contributed by atoms with Gasteiger partial charge in [0, 0.05) is 17.8 Å². The average Bonchev–Trinajstić information content (AvgIpc) is 3.07. The van der Waals surface area contributed by atoms with Gasteiger partial charge in [-0.1, -0.05) is 26.0 Å². The number of fused-ring (bicyclic) bond motifs is 3. The van der Waals surface area contributed by atoms with E-state index in [1.165, 1.54) is 16.0 Å². The average molecular weight is 486 g/mol. The monoisotopic (exact) mass is 485 g/mol. The zero-order valence-electron chi connectivity index (χ0n) is 20.7. The summed E-state index contributed by atoms with van der Waals surface area (Å²) in [5.74, 6) is 1.36. The van der Waals surface area contributed by atoms with Crippen LogP contribution in [0.15, 0.2) is 12.1 Å². The number of hydrogen-bond acceptors (Lipinski definition) is 6. The number of aryl methyl sites for hydroxylation is 4. The van der Waals surface area contributed by atoms with E-state index in [1.54, 1.807) is 11.3 Å². The van der Waals surface area contributed by atoms with Crippen molar-refractivity contribution in [2.45, 2.75) is 65.9 Å². The summed E-state index contributed by atoms with van der Waals surface area (Å²) in [6.07, 6.45) is 1.44. The van der Waals surface area contributed by atoms with Crippen LogP contribution in [0.5, 0.6) is 5.75 Å². The quantitative estimate of drug-likeness (QED) is 0.413. The number of hydrogen-bond donors (Lipinski definition) is 3. The van der Waals surface area contributed by atoms with Crippen LogP contribution < -0.4 is 10.1 Å². The standard InChI is InChI=1S/C27H35NO5S/c1-14-8-17(9-15(2)25(14)33-13-18(29)11-28-12-22(31)32)6-7-21(30)26-19-10-20-24(27(20,4)5)23(19)16(3)34-26/h8-9,18,20,24,28-29H,6-7,10-13H2,1-5H3,(H,31,32)/t18?,20-,24-/m1/s1. The summed E-state index contributed by atoms with van der Waals surface area (Å²) in [6.45, 7) is 10.8. The number of Topliss-reactive ketones (excluding diaryl/α,β-unsaturated/α-hetero) is 1. The maximum atomic E-state index is 13.1. The Kier molecular flexibility index (Phi) is 6.91. The van der Waals surface area contributed by atoms with Gasteiger partial charge in [-0.05, 0) is 78.7 Å². The highest BCUT2D eigenvalue weighted by molar-refractivity contribution is 7.14. The Morgan fingerprint density at radius 1 is 1.24 bits per heavy atom. The fourth-order valence-electron chi connectivity index (χ4n) is 5.72. The number of carbonyl (C=O) groups is 2. The van der Waals surface area contributed by atoms with Crippen molar-refractivity contribution in [1.82, 2.24) is 5.32 Å². The van der Waals surface area contributed by atoms with E-state index in [4.69, 9.17) is 9.84 Å². The Labute approximate surface area is 205 Å². The molecule has 1 unspecified atom stereocenters. The Morgan fingerprint density at radius 2 is 1.91 bits per heavy atom. The fraction of sp³-hybridized carbons (Fsp3) is 0.556. The van der Waals surface area contributed by atoms with Crippen LogP contribution in [-0.2, 0) is 17.6 Å². The van der Waals surface area contributed by atoms with Gasteiger partial charge < -0.3 is 20.3 Å². The number of thiophene rings is 1. The van der Waals surface area contributed by atoms with Crippen molar-refractivity contribution in [2.24, 2.45) is 11.3 Å². The topological polar surface area (TPSA) is 95.9 Å². The van der Waals surface area contributed by atoms with E-state index in [9.17, 15) is 14.7 Å². The van der Waals surface area contributed by atoms with E-state index >= 15 is 0 Å². The number of rotatable bonds is 11. The number of aliphatic carboxylic acids is 1. The Hall–Kier alpha value is -2.22. The molecule has 0 bridgehead atoms. The maximum Gasteiger partial charge on any atom is 0.317 e. The molecule has 0 amide bonds. The molecule has 0 aliphatic heterocycles. The first-order chi connectivity index (χ1) is 16.0. The second-order valence-electron chi connectivity index (χ2n) is 10.5. The highest BCUT2D eigenvalue weighted by atomic mass is 32.1. The van der Waals surface area contributed by atoms with Gasteiger partial charge in [0.1, 0.15) is 18.5 Å². The first-order valence-corrected chi connectivity index (χ1v) is 12.8. The van der Waals surface area contributed by atoms with Gasteiger partial charge in [0.25, 0.3) is 0 Å². The minimum absolute atomic E-state index is 0.0771. The van der Waals surface area contributed by atoms with Crippen molar-refractivity contribution in [2.75, 3.05) is 19.7 Å². The zero-order valence-corrected chi connectivity index (χ0v) is 21.5. The lowest BCUT2D eigenvalue weighted by Crippen LogP contribution is -2.34. The van der Waals surface area contributed by atoms with Crippen molar-refractivity contribution in [3.63, 3.8) is 0 Å². The van der Waals surface area contributed by atoms with Gasteiger partial charge >= 0.3 is 5.97 Å². The van der Waals surface area contributed by atoms with Gasteiger partial charge in [-0.25, -0.2) is 0 Å². The van der Waals surface area contributed by atoms with E-state index in [-0.39, 0.29) is 25.5 Å². The predicted molar refractivity (Wildman–Crippen MR) is 133 cm³/mol. The molecule has 1 fully saturated rings. The number of nitrogens with one attached hydrogen (secondary N) is 1. The molecule has 6 nitrogen and oxygen atoms in total. The second-order valence-corrected chi connectivity index (χ2v) is 11.7. The van der Waals surface area contributed by atoms with Gasteiger partial charge in [0.05, 0.1) is 11.4 Å². The summed E-state index contributed by atoms with van der Waals surface area (Å²) in [4.78, 5) is 26.0. The number of ketones is 1. The van der Waals surface area contributed by atoms with Crippen LogP contribution in [0.3, 0.4) is 0 Å².